The minimum absolute atomic E-state index is 0.200. The third-order valence-electron chi connectivity index (χ3n) is 2.51. The number of pyridine rings is 1. The second-order valence-electron chi connectivity index (χ2n) is 4.03. The van der Waals surface area contributed by atoms with Gasteiger partial charge in [-0.1, -0.05) is 12.1 Å². The highest BCUT2D eigenvalue weighted by Gasteiger charge is 2.09. The Labute approximate surface area is 106 Å². The quantitative estimate of drug-likeness (QED) is 0.900. The fourth-order valence-electron chi connectivity index (χ4n) is 1.63. The first kappa shape index (κ1) is 12.5. The van der Waals surface area contributed by atoms with Gasteiger partial charge in [0, 0.05) is 18.3 Å². The number of ether oxygens (including phenoxy) is 1. The van der Waals surface area contributed by atoms with E-state index in [2.05, 4.69) is 10.3 Å². The molecule has 18 heavy (non-hydrogen) atoms. The summed E-state index contributed by atoms with van der Waals surface area (Å²) in [7, 11) is 1.84. The SMILES string of the molecule is CNCc1cccnc1Oc1cc(C)ccc1F. The maximum absolute atomic E-state index is 13.6. The lowest BCUT2D eigenvalue weighted by Gasteiger charge is -2.10. The third kappa shape index (κ3) is 2.84. The molecule has 0 aliphatic rings. The van der Waals surface area contributed by atoms with E-state index in [0.717, 1.165) is 11.1 Å². The zero-order chi connectivity index (χ0) is 13.0. The summed E-state index contributed by atoms with van der Waals surface area (Å²) in [5, 5.41) is 3.02. The van der Waals surface area contributed by atoms with E-state index < -0.39 is 0 Å². The molecule has 0 saturated carbocycles. The largest absolute Gasteiger partial charge is 0.436 e. The van der Waals surface area contributed by atoms with Crippen LogP contribution in [0.2, 0.25) is 0 Å². The zero-order valence-corrected chi connectivity index (χ0v) is 10.4. The molecular formula is C14H15FN2O. The fraction of sp³-hybridized carbons (Fsp3) is 0.214. The van der Waals surface area contributed by atoms with Crippen molar-refractivity contribution in [3.05, 3.63) is 53.5 Å². The second kappa shape index (κ2) is 5.60. The number of aromatic nitrogens is 1. The Morgan fingerprint density at radius 3 is 2.94 bits per heavy atom. The highest BCUT2D eigenvalue weighted by atomic mass is 19.1. The molecule has 1 N–H and O–H groups in total. The highest BCUT2D eigenvalue weighted by Crippen LogP contribution is 2.26. The van der Waals surface area contributed by atoms with Gasteiger partial charge in [0.1, 0.15) is 0 Å². The molecule has 0 aliphatic heterocycles. The van der Waals surface area contributed by atoms with Crippen LogP contribution < -0.4 is 10.1 Å². The van der Waals surface area contributed by atoms with E-state index in [9.17, 15) is 4.39 Å². The lowest BCUT2D eigenvalue weighted by molar-refractivity contribution is 0.421. The summed E-state index contributed by atoms with van der Waals surface area (Å²) in [4.78, 5) is 4.13. The van der Waals surface area contributed by atoms with Crippen LogP contribution in [0.15, 0.2) is 36.5 Å². The summed E-state index contributed by atoms with van der Waals surface area (Å²) >= 11 is 0. The molecule has 2 rings (SSSR count). The molecular weight excluding hydrogens is 231 g/mol. The van der Waals surface area contributed by atoms with Gasteiger partial charge in [0.05, 0.1) is 0 Å². The summed E-state index contributed by atoms with van der Waals surface area (Å²) in [5.74, 6) is 0.240. The van der Waals surface area contributed by atoms with Gasteiger partial charge in [0.25, 0.3) is 0 Å². The van der Waals surface area contributed by atoms with Gasteiger partial charge in [0.2, 0.25) is 5.88 Å². The molecule has 0 radical (unpaired) electrons. The lowest BCUT2D eigenvalue weighted by Crippen LogP contribution is -2.07. The number of hydrogen-bond donors (Lipinski definition) is 1. The minimum Gasteiger partial charge on any atom is -0.436 e. The van der Waals surface area contributed by atoms with E-state index in [1.807, 2.05) is 26.1 Å². The van der Waals surface area contributed by atoms with Crippen LogP contribution in [0, 0.1) is 12.7 Å². The summed E-state index contributed by atoms with van der Waals surface area (Å²) in [5.41, 5.74) is 1.83. The zero-order valence-electron chi connectivity index (χ0n) is 10.4. The monoisotopic (exact) mass is 246 g/mol. The summed E-state index contributed by atoms with van der Waals surface area (Å²) < 4.78 is 19.2. The van der Waals surface area contributed by atoms with E-state index in [1.54, 1.807) is 18.3 Å². The van der Waals surface area contributed by atoms with Crippen molar-refractivity contribution in [1.82, 2.24) is 10.3 Å². The van der Waals surface area contributed by atoms with Gasteiger partial charge < -0.3 is 10.1 Å². The van der Waals surface area contributed by atoms with Crippen molar-refractivity contribution < 1.29 is 9.13 Å². The molecule has 0 spiro atoms. The van der Waals surface area contributed by atoms with Crippen molar-refractivity contribution in [2.75, 3.05) is 7.05 Å². The Bertz CT molecular complexity index is 543. The number of aryl methyl sites for hydroxylation is 1. The van der Waals surface area contributed by atoms with Gasteiger partial charge >= 0.3 is 0 Å². The Kier molecular flexibility index (Phi) is 3.89. The molecule has 1 aromatic heterocycles. The first-order valence-electron chi connectivity index (χ1n) is 5.73. The average Bonchev–Trinajstić information content (AvgIpc) is 2.36. The fourth-order valence-corrected chi connectivity index (χ4v) is 1.63. The Morgan fingerprint density at radius 1 is 1.33 bits per heavy atom. The summed E-state index contributed by atoms with van der Waals surface area (Å²) in [6.45, 7) is 2.51. The standard InChI is InChI=1S/C14H15FN2O/c1-10-5-6-12(15)13(8-10)18-14-11(9-16-2)4-3-7-17-14/h3-8,16H,9H2,1-2H3. The van der Waals surface area contributed by atoms with Crippen LogP contribution in [-0.2, 0) is 6.54 Å². The van der Waals surface area contributed by atoms with Crippen LogP contribution in [0.25, 0.3) is 0 Å². The smallest absolute Gasteiger partial charge is 0.223 e. The predicted octanol–water partition coefficient (Wildman–Crippen LogP) is 3.04. The van der Waals surface area contributed by atoms with E-state index in [0.29, 0.717) is 12.4 Å². The predicted molar refractivity (Wildman–Crippen MR) is 68.2 cm³/mol. The van der Waals surface area contributed by atoms with Gasteiger partial charge in [0.15, 0.2) is 11.6 Å². The maximum atomic E-state index is 13.6. The van der Waals surface area contributed by atoms with Gasteiger partial charge in [-0.3, -0.25) is 0 Å². The molecule has 0 aliphatic carbocycles. The summed E-state index contributed by atoms with van der Waals surface area (Å²) in [6.07, 6.45) is 1.63. The van der Waals surface area contributed by atoms with Crippen molar-refractivity contribution >= 4 is 0 Å². The number of benzene rings is 1. The van der Waals surface area contributed by atoms with Gasteiger partial charge in [-0.25, -0.2) is 9.37 Å². The van der Waals surface area contributed by atoms with Gasteiger partial charge in [-0.05, 0) is 37.7 Å². The highest BCUT2D eigenvalue weighted by molar-refractivity contribution is 5.35. The molecule has 1 aromatic carbocycles. The molecule has 2 aromatic rings. The molecule has 0 atom stereocenters. The van der Waals surface area contributed by atoms with Crippen molar-refractivity contribution in [3.63, 3.8) is 0 Å². The Balaban J connectivity index is 2.30. The first-order chi connectivity index (χ1) is 8.70. The van der Waals surface area contributed by atoms with Crippen LogP contribution >= 0.6 is 0 Å². The molecule has 0 amide bonds. The van der Waals surface area contributed by atoms with Crippen molar-refractivity contribution in [3.8, 4) is 11.6 Å². The van der Waals surface area contributed by atoms with Gasteiger partial charge in [-0.2, -0.15) is 0 Å². The molecule has 0 saturated heterocycles. The van der Waals surface area contributed by atoms with Crippen LogP contribution in [0.3, 0.4) is 0 Å². The Morgan fingerprint density at radius 2 is 2.17 bits per heavy atom. The molecule has 0 bridgehead atoms. The van der Waals surface area contributed by atoms with Gasteiger partial charge in [-0.15, -0.1) is 0 Å². The Hall–Kier alpha value is -1.94. The second-order valence-corrected chi connectivity index (χ2v) is 4.03. The van der Waals surface area contributed by atoms with E-state index in [-0.39, 0.29) is 11.6 Å². The van der Waals surface area contributed by atoms with Crippen LogP contribution in [-0.4, -0.2) is 12.0 Å². The molecule has 4 heteroatoms. The first-order valence-corrected chi connectivity index (χ1v) is 5.73. The molecule has 0 fully saturated rings. The lowest BCUT2D eigenvalue weighted by atomic mass is 10.2. The number of halogens is 1. The molecule has 1 heterocycles. The van der Waals surface area contributed by atoms with E-state index in [4.69, 9.17) is 4.74 Å². The minimum atomic E-state index is -0.387. The van der Waals surface area contributed by atoms with Crippen LogP contribution in [0.1, 0.15) is 11.1 Å². The van der Waals surface area contributed by atoms with Crippen molar-refractivity contribution in [1.29, 1.82) is 0 Å². The number of nitrogens with zero attached hydrogens (tertiary/aromatic N) is 1. The third-order valence-corrected chi connectivity index (χ3v) is 2.51. The normalized spacial score (nSPS) is 10.4. The topological polar surface area (TPSA) is 34.2 Å². The van der Waals surface area contributed by atoms with E-state index in [1.165, 1.54) is 6.07 Å². The van der Waals surface area contributed by atoms with Crippen molar-refractivity contribution in [2.45, 2.75) is 13.5 Å². The van der Waals surface area contributed by atoms with Crippen LogP contribution in [0.5, 0.6) is 11.6 Å². The number of hydrogen-bond acceptors (Lipinski definition) is 3. The molecule has 94 valence electrons. The maximum Gasteiger partial charge on any atom is 0.223 e. The number of rotatable bonds is 4. The number of nitrogens with one attached hydrogen (secondary N) is 1. The van der Waals surface area contributed by atoms with Crippen molar-refractivity contribution in [2.24, 2.45) is 0 Å². The average molecular weight is 246 g/mol. The van der Waals surface area contributed by atoms with Crippen LogP contribution in [0.4, 0.5) is 4.39 Å². The molecule has 3 nitrogen and oxygen atoms in total. The van der Waals surface area contributed by atoms with E-state index >= 15 is 0 Å². The molecule has 0 unspecified atom stereocenters. The summed E-state index contributed by atoms with van der Waals surface area (Å²) in [6, 6.07) is 8.48.